The number of nitrogens with zero attached hydrogens (tertiary/aromatic N) is 1. The van der Waals surface area contributed by atoms with E-state index in [0.29, 0.717) is 11.4 Å². The van der Waals surface area contributed by atoms with Gasteiger partial charge in [0.05, 0.1) is 58.2 Å². The zero-order valence-electron chi connectivity index (χ0n) is 19.5. The summed E-state index contributed by atoms with van der Waals surface area (Å²) in [4.78, 5) is 33.0. The normalized spacial score (nSPS) is 10.3. The Balaban J connectivity index is 0.000000342. The van der Waals surface area contributed by atoms with Crippen molar-refractivity contribution in [1.82, 2.24) is 0 Å². The maximum absolute atomic E-state index is 11.4. The molecule has 10 nitrogen and oxygen atoms in total. The van der Waals surface area contributed by atoms with Crippen LogP contribution in [0.1, 0.15) is 48.4 Å². The number of benzene rings is 2. The summed E-state index contributed by atoms with van der Waals surface area (Å²) in [5.41, 5.74) is 5.94. The monoisotopic (exact) mass is 516 g/mol. The standard InChI is InChI=1S/C11H12ClNO5.C11H14ClNO3/c1-6(2)18-10-5-8(12)7(11(14)17-3)4-9(10)13(15)16;1-6(2)16-10-5-8(12)7(4-9(10)13)11(14)15-3/h4-6H,1-3H3;4-6H,13H2,1-3H3. The number of nitrogen functional groups attached to an aromatic ring is 1. The van der Waals surface area contributed by atoms with E-state index in [1.165, 1.54) is 32.4 Å². The Kier molecular flexibility index (Phi) is 10.9. The van der Waals surface area contributed by atoms with Crippen molar-refractivity contribution in [1.29, 1.82) is 0 Å². The second-order valence-corrected chi connectivity index (χ2v) is 8.06. The van der Waals surface area contributed by atoms with E-state index in [1.54, 1.807) is 13.8 Å². The van der Waals surface area contributed by atoms with Crippen LogP contribution in [0.15, 0.2) is 24.3 Å². The molecule has 2 aromatic carbocycles. The fraction of sp³-hybridized carbons (Fsp3) is 0.364. The summed E-state index contributed by atoms with van der Waals surface area (Å²) in [5, 5.41) is 11.2. The molecule has 186 valence electrons. The molecule has 0 radical (unpaired) electrons. The molecule has 0 unspecified atom stereocenters. The van der Waals surface area contributed by atoms with Crippen molar-refractivity contribution in [2.45, 2.75) is 39.9 Å². The van der Waals surface area contributed by atoms with E-state index in [-0.39, 0.29) is 44.8 Å². The third kappa shape index (κ3) is 7.96. The van der Waals surface area contributed by atoms with Crippen molar-refractivity contribution in [2.24, 2.45) is 0 Å². The number of rotatable bonds is 7. The number of carbonyl (C=O) groups excluding carboxylic acids is 2. The molecule has 0 fully saturated rings. The average molecular weight is 517 g/mol. The van der Waals surface area contributed by atoms with Gasteiger partial charge in [0.1, 0.15) is 5.75 Å². The molecule has 2 rings (SSSR count). The summed E-state index contributed by atoms with van der Waals surface area (Å²) < 4.78 is 19.8. The van der Waals surface area contributed by atoms with E-state index in [9.17, 15) is 19.7 Å². The fourth-order valence-electron chi connectivity index (χ4n) is 2.50. The molecule has 0 spiro atoms. The van der Waals surface area contributed by atoms with Crippen molar-refractivity contribution < 1.29 is 33.5 Å². The van der Waals surface area contributed by atoms with Gasteiger partial charge in [0.15, 0.2) is 5.75 Å². The maximum atomic E-state index is 11.4. The van der Waals surface area contributed by atoms with Gasteiger partial charge in [-0.25, -0.2) is 9.59 Å². The third-order valence-electron chi connectivity index (χ3n) is 3.88. The van der Waals surface area contributed by atoms with Crippen molar-refractivity contribution in [2.75, 3.05) is 20.0 Å². The third-order valence-corrected chi connectivity index (χ3v) is 4.51. The number of hydrogen-bond donors (Lipinski definition) is 1. The Morgan fingerprint density at radius 1 is 0.853 bits per heavy atom. The minimum absolute atomic E-state index is 0.0117. The van der Waals surface area contributed by atoms with Gasteiger partial charge in [-0.1, -0.05) is 23.2 Å². The molecule has 2 N–H and O–H groups in total. The lowest BCUT2D eigenvalue weighted by atomic mass is 10.2. The lowest BCUT2D eigenvalue weighted by molar-refractivity contribution is -0.386. The number of hydrogen-bond acceptors (Lipinski definition) is 9. The van der Waals surface area contributed by atoms with E-state index in [1.807, 2.05) is 13.8 Å². The first-order valence-electron chi connectivity index (χ1n) is 9.89. The Bertz CT molecular complexity index is 1060. The number of carbonyl (C=O) groups is 2. The van der Waals surface area contributed by atoms with Gasteiger partial charge in [-0.2, -0.15) is 0 Å². The Labute approximate surface area is 207 Å². The molecule has 2 aromatic rings. The van der Waals surface area contributed by atoms with Crippen molar-refractivity contribution in [3.63, 3.8) is 0 Å². The van der Waals surface area contributed by atoms with Crippen LogP contribution in [-0.2, 0) is 9.47 Å². The topological polar surface area (TPSA) is 140 Å². The summed E-state index contributed by atoms with van der Waals surface area (Å²) in [7, 11) is 2.45. The predicted molar refractivity (Wildman–Crippen MR) is 128 cm³/mol. The lowest BCUT2D eigenvalue weighted by Crippen LogP contribution is -2.09. The highest BCUT2D eigenvalue weighted by Gasteiger charge is 2.23. The molecule has 0 aromatic heterocycles. The van der Waals surface area contributed by atoms with Gasteiger partial charge in [-0.15, -0.1) is 0 Å². The molecule has 0 amide bonds. The SMILES string of the molecule is COC(=O)c1cc(N)c(OC(C)C)cc1Cl.COC(=O)c1cc([N+](=O)[O-])c(OC(C)C)cc1Cl. The zero-order chi connectivity index (χ0) is 26.2. The quantitative estimate of drug-likeness (QED) is 0.224. The highest BCUT2D eigenvalue weighted by atomic mass is 35.5. The number of halogens is 2. The Hall–Kier alpha value is -3.24. The zero-order valence-corrected chi connectivity index (χ0v) is 21.0. The number of nitro benzene ring substituents is 1. The summed E-state index contributed by atoms with van der Waals surface area (Å²) in [6.07, 6.45) is -0.258. The van der Waals surface area contributed by atoms with Crippen LogP contribution >= 0.6 is 23.2 Å². The molecule has 34 heavy (non-hydrogen) atoms. The highest BCUT2D eigenvalue weighted by Crippen LogP contribution is 2.34. The van der Waals surface area contributed by atoms with Gasteiger partial charge >= 0.3 is 17.6 Å². The van der Waals surface area contributed by atoms with Crippen molar-refractivity contribution in [3.8, 4) is 11.5 Å². The number of esters is 2. The first kappa shape index (κ1) is 28.8. The van der Waals surface area contributed by atoms with Gasteiger partial charge in [0.25, 0.3) is 0 Å². The van der Waals surface area contributed by atoms with Crippen LogP contribution in [-0.4, -0.2) is 43.3 Å². The van der Waals surface area contributed by atoms with Gasteiger partial charge in [-0.05, 0) is 33.8 Å². The molecule has 0 bridgehead atoms. The van der Waals surface area contributed by atoms with Crippen LogP contribution < -0.4 is 15.2 Å². The lowest BCUT2D eigenvalue weighted by Gasteiger charge is -2.13. The molecule has 0 saturated carbocycles. The molecule has 0 atom stereocenters. The van der Waals surface area contributed by atoms with E-state index in [0.717, 1.165) is 6.07 Å². The van der Waals surface area contributed by atoms with E-state index in [2.05, 4.69) is 9.47 Å². The van der Waals surface area contributed by atoms with E-state index < -0.39 is 16.9 Å². The van der Waals surface area contributed by atoms with Crippen LogP contribution in [0.5, 0.6) is 11.5 Å². The first-order valence-corrected chi connectivity index (χ1v) is 10.6. The van der Waals surface area contributed by atoms with Crippen LogP contribution in [0, 0.1) is 10.1 Å². The van der Waals surface area contributed by atoms with Crippen LogP contribution in [0.4, 0.5) is 11.4 Å². The Morgan fingerprint density at radius 3 is 1.68 bits per heavy atom. The average Bonchev–Trinajstić information content (AvgIpc) is 2.74. The molecule has 0 aliphatic rings. The van der Waals surface area contributed by atoms with Crippen LogP contribution in [0.25, 0.3) is 0 Å². The number of methoxy groups -OCH3 is 2. The van der Waals surface area contributed by atoms with Gasteiger partial charge in [0.2, 0.25) is 0 Å². The summed E-state index contributed by atoms with van der Waals surface area (Å²) in [5.74, 6) is -0.771. The van der Waals surface area contributed by atoms with E-state index in [4.69, 9.17) is 38.4 Å². The van der Waals surface area contributed by atoms with Crippen molar-refractivity contribution >= 4 is 46.5 Å². The minimum atomic E-state index is -0.737. The van der Waals surface area contributed by atoms with Gasteiger partial charge in [0, 0.05) is 18.2 Å². The number of nitro groups is 1. The Morgan fingerprint density at radius 2 is 1.26 bits per heavy atom. The number of nitrogens with two attached hydrogens (primary N) is 1. The summed E-state index contributed by atoms with van der Waals surface area (Å²) in [6.45, 7) is 7.21. The smallest absolute Gasteiger partial charge is 0.339 e. The molecule has 0 aliphatic heterocycles. The van der Waals surface area contributed by atoms with Gasteiger partial charge in [-0.3, -0.25) is 10.1 Å². The molecular weight excluding hydrogens is 491 g/mol. The predicted octanol–water partition coefficient (Wildman–Crippen LogP) is 5.32. The highest BCUT2D eigenvalue weighted by molar-refractivity contribution is 6.34. The number of ether oxygens (including phenoxy) is 4. The number of anilines is 1. The van der Waals surface area contributed by atoms with Crippen LogP contribution in [0.2, 0.25) is 10.0 Å². The molecule has 0 saturated heterocycles. The fourth-order valence-corrected chi connectivity index (χ4v) is 2.96. The second kappa shape index (κ2) is 12.9. The van der Waals surface area contributed by atoms with Gasteiger partial charge < -0.3 is 24.7 Å². The first-order chi connectivity index (χ1) is 15.8. The second-order valence-electron chi connectivity index (χ2n) is 7.24. The van der Waals surface area contributed by atoms with Crippen LogP contribution in [0.3, 0.4) is 0 Å². The molecule has 12 heteroatoms. The van der Waals surface area contributed by atoms with E-state index >= 15 is 0 Å². The minimum Gasteiger partial charge on any atom is -0.489 e. The largest absolute Gasteiger partial charge is 0.489 e. The summed E-state index contributed by atoms with van der Waals surface area (Å²) in [6, 6.07) is 5.26. The van der Waals surface area contributed by atoms with Crippen molar-refractivity contribution in [3.05, 3.63) is 55.6 Å². The molecular formula is C22H26Cl2N2O8. The molecule has 0 heterocycles. The molecule has 0 aliphatic carbocycles. The maximum Gasteiger partial charge on any atom is 0.339 e. The summed E-state index contributed by atoms with van der Waals surface area (Å²) >= 11 is 11.8.